The van der Waals surface area contributed by atoms with Crippen LogP contribution in [0.4, 0.5) is 5.69 Å². The number of carbonyl (C=O) groups excluding carboxylic acids is 2. The predicted octanol–water partition coefficient (Wildman–Crippen LogP) is 6.40. The van der Waals surface area contributed by atoms with Gasteiger partial charge in [-0.1, -0.05) is 90.0 Å². The second-order valence-corrected chi connectivity index (χ2v) is 14.1. The van der Waals surface area contributed by atoms with Crippen LogP contribution >= 0.6 is 11.6 Å². The second-order valence-electron chi connectivity index (χ2n) is 11.8. The summed E-state index contributed by atoms with van der Waals surface area (Å²) in [7, 11) is -4.15. The zero-order valence-corrected chi connectivity index (χ0v) is 27.0. The number of carbonyl (C=O) groups is 2. The summed E-state index contributed by atoms with van der Waals surface area (Å²) in [6.07, 6.45) is 0.227. The van der Waals surface area contributed by atoms with Gasteiger partial charge in [-0.15, -0.1) is 0 Å². The zero-order valence-electron chi connectivity index (χ0n) is 25.4. The van der Waals surface area contributed by atoms with Crippen molar-refractivity contribution in [2.24, 2.45) is 0 Å². The predicted molar refractivity (Wildman–Crippen MR) is 176 cm³/mol. The molecule has 7 nitrogen and oxygen atoms in total. The van der Waals surface area contributed by atoms with E-state index in [0.29, 0.717) is 16.3 Å². The molecule has 44 heavy (non-hydrogen) atoms. The molecule has 0 aliphatic rings. The lowest BCUT2D eigenvalue weighted by Gasteiger charge is -2.35. The number of rotatable bonds is 11. The fraction of sp³-hybridized carbons (Fsp3) is 0.257. The summed E-state index contributed by atoms with van der Waals surface area (Å²) < 4.78 is 29.2. The van der Waals surface area contributed by atoms with Crippen molar-refractivity contribution >= 4 is 39.1 Å². The van der Waals surface area contributed by atoms with Gasteiger partial charge in [-0.2, -0.15) is 0 Å². The molecule has 0 fully saturated rings. The molecule has 4 rings (SSSR count). The number of nitrogens with zero attached hydrogens (tertiary/aromatic N) is 2. The van der Waals surface area contributed by atoms with Gasteiger partial charge in [-0.3, -0.25) is 13.9 Å². The highest BCUT2D eigenvalue weighted by Crippen LogP contribution is 2.25. The van der Waals surface area contributed by atoms with Gasteiger partial charge in [-0.05, 0) is 75.2 Å². The van der Waals surface area contributed by atoms with Crippen LogP contribution in [-0.2, 0) is 32.6 Å². The Labute approximate surface area is 265 Å². The lowest BCUT2D eigenvalue weighted by molar-refractivity contribution is -0.140. The summed E-state index contributed by atoms with van der Waals surface area (Å²) in [5.41, 5.74) is 2.25. The van der Waals surface area contributed by atoms with Crippen LogP contribution in [0, 0.1) is 6.92 Å². The van der Waals surface area contributed by atoms with E-state index in [1.165, 1.54) is 17.0 Å². The average molecular weight is 632 g/mol. The molecule has 4 aromatic rings. The molecule has 0 aliphatic carbocycles. The molecule has 0 unspecified atom stereocenters. The fourth-order valence-electron chi connectivity index (χ4n) is 4.80. The first-order chi connectivity index (χ1) is 20.8. The van der Waals surface area contributed by atoms with Gasteiger partial charge in [0.15, 0.2) is 0 Å². The number of anilines is 1. The molecule has 2 amide bonds. The summed E-state index contributed by atoms with van der Waals surface area (Å²) in [5, 5.41) is 3.52. The van der Waals surface area contributed by atoms with E-state index in [2.05, 4.69) is 5.32 Å². The van der Waals surface area contributed by atoms with Crippen molar-refractivity contribution in [3.05, 3.63) is 131 Å². The van der Waals surface area contributed by atoms with Crippen LogP contribution in [0.15, 0.2) is 114 Å². The topological polar surface area (TPSA) is 86.8 Å². The van der Waals surface area contributed by atoms with Gasteiger partial charge in [0.2, 0.25) is 11.8 Å². The quantitative estimate of drug-likeness (QED) is 0.208. The van der Waals surface area contributed by atoms with E-state index >= 15 is 0 Å². The smallest absolute Gasteiger partial charge is 0.264 e. The largest absolute Gasteiger partial charge is 0.350 e. The van der Waals surface area contributed by atoms with Crippen molar-refractivity contribution in [2.75, 3.05) is 10.8 Å². The highest BCUT2D eigenvalue weighted by molar-refractivity contribution is 7.92. The molecule has 0 heterocycles. The van der Waals surface area contributed by atoms with Crippen molar-refractivity contribution in [3.63, 3.8) is 0 Å². The van der Waals surface area contributed by atoms with Crippen LogP contribution in [0.5, 0.6) is 0 Å². The van der Waals surface area contributed by atoms with Crippen molar-refractivity contribution in [2.45, 2.75) is 57.1 Å². The van der Waals surface area contributed by atoms with Crippen LogP contribution in [0.1, 0.15) is 37.5 Å². The highest BCUT2D eigenvalue weighted by atomic mass is 35.5. The van der Waals surface area contributed by atoms with E-state index in [-0.39, 0.29) is 23.8 Å². The molecular formula is C35H38ClN3O4S. The third kappa shape index (κ3) is 8.71. The van der Waals surface area contributed by atoms with Gasteiger partial charge in [0.1, 0.15) is 12.6 Å². The monoisotopic (exact) mass is 631 g/mol. The third-order valence-corrected chi connectivity index (χ3v) is 8.97. The summed E-state index contributed by atoms with van der Waals surface area (Å²) in [5.74, 6) is -0.876. The number of nitrogens with one attached hydrogen (secondary N) is 1. The Morgan fingerprint density at radius 3 is 2.00 bits per heavy atom. The van der Waals surface area contributed by atoms with E-state index in [1.54, 1.807) is 60.7 Å². The maximum absolute atomic E-state index is 14.5. The molecule has 230 valence electrons. The number of hydrogen-bond donors (Lipinski definition) is 1. The summed E-state index contributed by atoms with van der Waals surface area (Å²) in [4.78, 5) is 29.9. The Balaban J connectivity index is 1.80. The first kappa shape index (κ1) is 32.8. The van der Waals surface area contributed by atoms with Crippen LogP contribution in [0.2, 0.25) is 5.02 Å². The van der Waals surface area contributed by atoms with Gasteiger partial charge >= 0.3 is 0 Å². The molecule has 9 heteroatoms. The third-order valence-electron chi connectivity index (χ3n) is 6.94. The first-order valence-corrected chi connectivity index (χ1v) is 16.2. The normalized spacial score (nSPS) is 12.3. The van der Waals surface area contributed by atoms with E-state index in [9.17, 15) is 18.0 Å². The Morgan fingerprint density at radius 2 is 1.41 bits per heavy atom. The van der Waals surface area contributed by atoms with E-state index in [1.807, 2.05) is 64.1 Å². The molecule has 0 bridgehead atoms. The number of sulfonamides is 1. The van der Waals surface area contributed by atoms with Crippen LogP contribution in [0.3, 0.4) is 0 Å². The molecular weight excluding hydrogens is 594 g/mol. The number of amides is 2. The Bertz CT molecular complexity index is 1670. The van der Waals surface area contributed by atoms with E-state index in [0.717, 1.165) is 15.4 Å². The number of aryl methyl sites for hydroxylation is 1. The molecule has 0 aliphatic heterocycles. The highest BCUT2D eigenvalue weighted by Gasteiger charge is 2.35. The summed E-state index contributed by atoms with van der Waals surface area (Å²) in [6.45, 7) is 7.02. The van der Waals surface area contributed by atoms with Crippen molar-refractivity contribution in [1.82, 2.24) is 10.2 Å². The number of para-hydroxylation sites is 1. The molecule has 1 N–H and O–H groups in total. The van der Waals surface area contributed by atoms with Gasteiger partial charge in [-0.25, -0.2) is 8.42 Å². The van der Waals surface area contributed by atoms with Crippen molar-refractivity contribution in [1.29, 1.82) is 0 Å². The Hall–Kier alpha value is -4.14. The fourth-order valence-corrected chi connectivity index (χ4v) is 6.43. The molecule has 1 atom stereocenters. The van der Waals surface area contributed by atoms with Crippen LogP contribution in [0.25, 0.3) is 0 Å². The molecule has 0 saturated heterocycles. The van der Waals surface area contributed by atoms with Crippen molar-refractivity contribution in [3.8, 4) is 0 Å². The Morgan fingerprint density at radius 1 is 0.818 bits per heavy atom. The van der Waals surface area contributed by atoms with Crippen molar-refractivity contribution < 1.29 is 18.0 Å². The SMILES string of the molecule is Cc1ccc(S(=O)(=O)N(CC(=O)N(Cc2cccc(Cl)c2)[C@@H](Cc2ccccc2)C(=O)NC(C)(C)C)c2ccccc2)cc1. The lowest BCUT2D eigenvalue weighted by Crippen LogP contribution is -2.56. The van der Waals surface area contributed by atoms with Crippen LogP contribution < -0.4 is 9.62 Å². The molecule has 0 aromatic heterocycles. The summed E-state index contributed by atoms with van der Waals surface area (Å²) in [6, 6.07) is 30.6. The van der Waals surface area contributed by atoms with Gasteiger partial charge < -0.3 is 10.2 Å². The number of benzene rings is 4. The first-order valence-electron chi connectivity index (χ1n) is 14.4. The minimum Gasteiger partial charge on any atom is -0.350 e. The van der Waals surface area contributed by atoms with E-state index < -0.39 is 34.1 Å². The van der Waals surface area contributed by atoms with Gasteiger partial charge in [0.05, 0.1) is 10.6 Å². The van der Waals surface area contributed by atoms with Gasteiger partial charge in [0, 0.05) is 23.5 Å². The maximum Gasteiger partial charge on any atom is 0.264 e. The molecule has 0 spiro atoms. The average Bonchev–Trinajstić information content (AvgIpc) is 2.98. The Kier molecular flexibility index (Phi) is 10.5. The maximum atomic E-state index is 14.5. The van der Waals surface area contributed by atoms with Crippen LogP contribution in [-0.4, -0.2) is 43.3 Å². The number of hydrogen-bond acceptors (Lipinski definition) is 4. The molecule has 0 radical (unpaired) electrons. The number of halogens is 1. The minimum atomic E-state index is -4.15. The molecule has 4 aromatic carbocycles. The van der Waals surface area contributed by atoms with Gasteiger partial charge in [0.25, 0.3) is 10.0 Å². The summed E-state index contributed by atoms with van der Waals surface area (Å²) >= 11 is 6.30. The minimum absolute atomic E-state index is 0.0433. The van der Waals surface area contributed by atoms with E-state index in [4.69, 9.17) is 11.6 Å². The standard InChI is InChI=1S/C35H38ClN3O4S/c1-26-18-20-31(21-19-26)44(42,43)39(30-16-9-6-10-17-30)25-33(40)38(24-28-14-11-15-29(36)22-28)32(34(41)37-35(2,3)4)23-27-12-7-5-8-13-27/h5-22,32H,23-25H2,1-4H3,(H,37,41)/t32-/m0/s1. The zero-order chi connectivity index (χ0) is 31.9. The lowest BCUT2D eigenvalue weighted by atomic mass is 10.0. The second kappa shape index (κ2) is 14.1. The molecule has 0 saturated carbocycles.